The molecule has 9 heteroatoms. The van der Waals surface area contributed by atoms with Gasteiger partial charge in [0.05, 0.1) is 12.7 Å². The van der Waals surface area contributed by atoms with Gasteiger partial charge >= 0.3 is 8.80 Å². The fourth-order valence-corrected chi connectivity index (χ4v) is 6.11. The number of carbonyl (C=O) groups is 3. The smallest absolute Gasteiger partial charge is 0.462 e. The van der Waals surface area contributed by atoms with E-state index in [-0.39, 0.29) is 6.04 Å². The molecule has 0 unspecified atom stereocenters. The molecular formula is C20H26O8Si. The Morgan fingerprint density at radius 2 is 1.59 bits per heavy atom. The van der Waals surface area contributed by atoms with Gasteiger partial charge in [-0.05, 0) is 37.0 Å². The summed E-state index contributed by atoms with van der Waals surface area (Å²) >= 11 is 0. The molecule has 1 fully saturated rings. The van der Waals surface area contributed by atoms with Crippen LogP contribution >= 0.6 is 0 Å². The Balaban J connectivity index is 1.74. The van der Waals surface area contributed by atoms with Crippen molar-refractivity contribution in [2.24, 2.45) is 0 Å². The molecule has 0 bridgehead atoms. The lowest BCUT2D eigenvalue weighted by atomic mass is 10.1. The van der Waals surface area contributed by atoms with Crippen molar-refractivity contribution in [1.29, 1.82) is 0 Å². The van der Waals surface area contributed by atoms with Crippen molar-refractivity contribution < 1.29 is 37.1 Å². The molecule has 1 heterocycles. The normalized spacial score (nSPS) is 17.2. The fourth-order valence-electron chi connectivity index (χ4n) is 3.77. The van der Waals surface area contributed by atoms with Crippen LogP contribution in [0.5, 0.6) is 5.75 Å². The summed E-state index contributed by atoms with van der Waals surface area (Å²) < 4.78 is 27.8. The molecule has 0 saturated heterocycles. The van der Waals surface area contributed by atoms with E-state index < -0.39 is 32.5 Å². The van der Waals surface area contributed by atoms with Crippen LogP contribution in [0.15, 0.2) is 18.2 Å². The van der Waals surface area contributed by atoms with Crippen LogP contribution in [0.1, 0.15) is 57.6 Å². The lowest BCUT2D eigenvalue weighted by molar-refractivity contribution is -0.200. The van der Waals surface area contributed by atoms with Crippen LogP contribution < -0.4 is 4.74 Å². The molecule has 1 aliphatic heterocycles. The Morgan fingerprint density at radius 3 is 2.14 bits per heavy atom. The van der Waals surface area contributed by atoms with Crippen molar-refractivity contribution >= 4 is 26.7 Å². The van der Waals surface area contributed by atoms with E-state index >= 15 is 0 Å². The third-order valence-corrected chi connectivity index (χ3v) is 7.55. The molecule has 1 spiro atoms. The minimum absolute atomic E-state index is 0.0934. The van der Waals surface area contributed by atoms with Gasteiger partial charge in [0.1, 0.15) is 5.75 Å². The number of hydrogen-bond acceptors (Lipinski definition) is 8. The Labute approximate surface area is 170 Å². The van der Waals surface area contributed by atoms with E-state index in [1.165, 1.54) is 20.8 Å². The summed E-state index contributed by atoms with van der Waals surface area (Å²) in [6.45, 7) is 4.01. The molecular weight excluding hydrogens is 396 g/mol. The first-order chi connectivity index (χ1) is 13.7. The zero-order chi connectivity index (χ0) is 21.1. The van der Waals surface area contributed by atoms with E-state index in [1.54, 1.807) is 0 Å². The zero-order valence-electron chi connectivity index (χ0n) is 16.9. The van der Waals surface area contributed by atoms with Crippen LogP contribution in [0.25, 0.3) is 0 Å². The van der Waals surface area contributed by atoms with E-state index in [4.69, 9.17) is 22.8 Å². The van der Waals surface area contributed by atoms with Gasteiger partial charge in [-0.2, -0.15) is 0 Å². The standard InChI is InChI=1S/C20H26O8Si/c1-14(21)26-29(27-15(2)22,28-16(3)23)11-8-17-6-7-19-18(12-17)13-24-20(25-19)9-4-5-10-20/h6-7,12H,4-5,8-11,13H2,1-3H3. The van der Waals surface area contributed by atoms with Gasteiger partial charge < -0.3 is 22.8 Å². The van der Waals surface area contributed by atoms with Gasteiger partial charge in [-0.1, -0.05) is 6.07 Å². The summed E-state index contributed by atoms with van der Waals surface area (Å²) in [7, 11) is -3.84. The minimum Gasteiger partial charge on any atom is -0.462 e. The lowest BCUT2D eigenvalue weighted by Crippen LogP contribution is -2.49. The van der Waals surface area contributed by atoms with Gasteiger partial charge in [0.25, 0.3) is 17.9 Å². The van der Waals surface area contributed by atoms with Crippen molar-refractivity contribution in [3.63, 3.8) is 0 Å². The predicted molar refractivity (Wildman–Crippen MR) is 103 cm³/mol. The molecule has 1 aromatic rings. The molecule has 0 atom stereocenters. The average molecular weight is 423 g/mol. The average Bonchev–Trinajstić information content (AvgIpc) is 3.06. The van der Waals surface area contributed by atoms with Gasteiger partial charge in [-0.25, -0.2) is 0 Å². The van der Waals surface area contributed by atoms with Crippen LogP contribution in [0, 0.1) is 0 Å². The summed E-state index contributed by atoms with van der Waals surface area (Å²) in [5, 5.41) is 0. The van der Waals surface area contributed by atoms with Gasteiger partial charge in [0.2, 0.25) is 5.79 Å². The van der Waals surface area contributed by atoms with Gasteiger partial charge in [0.15, 0.2) is 0 Å². The van der Waals surface area contributed by atoms with Crippen LogP contribution in [0.2, 0.25) is 6.04 Å². The molecule has 2 aliphatic rings. The molecule has 8 nitrogen and oxygen atoms in total. The lowest BCUT2D eigenvalue weighted by Gasteiger charge is -2.35. The highest BCUT2D eigenvalue weighted by atomic mass is 28.4. The third-order valence-electron chi connectivity index (χ3n) is 4.89. The quantitative estimate of drug-likeness (QED) is 0.645. The summed E-state index contributed by atoms with van der Waals surface area (Å²) in [5.74, 6) is -1.70. The molecule has 1 aromatic carbocycles. The van der Waals surface area contributed by atoms with Crippen LogP contribution in [0.4, 0.5) is 0 Å². The zero-order valence-corrected chi connectivity index (χ0v) is 17.9. The van der Waals surface area contributed by atoms with Gasteiger partial charge in [-0.3, -0.25) is 14.4 Å². The van der Waals surface area contributed by atoms with Gasteiger partial charge in [0, 0.05) is 39.2 Å². The van der Waals surface area contributed by atoms with E-state index in [9.17, 15) is 14.4 Å². The Bertz CT molecular complexity index is 759. The molecule has 0 radical (unpaired) electrons. The van der Waals surface area contributed by atoms with Crippen molar-refractivity contribution in [3.05, 3.63) is 29.3 Å². The molecule has 1 aliphatic carbocycles. The second kappa shape index (κ2) is 8.54. The first-order valence-electron chi connectivity index (χ1n) is 9.74. The highest BCUT2D eigenvalue weighted by Gasteiger charge is 2.51. The number of aryl methyl sites for hydroxylation is 1. The number of hydrogen-bond donors (Lipinski definition) is 0. The number of carbonyl (C=O) groups excluding carboxylic acids is 3. The van der Waals surface area contributed by atoms with Crippen LogP contribution in [0.3, 0.4) is 0 Å². The topological polar surface area (TPSA) is 97.4 Å². The van der Waals surface area contributed by atoms with E-state index in [0.717, 1.165) is 42.6 Å². The van der Waals surface area contributed by atoms with Crippen molar-refractivity contribution in [2.75, 3.05) is 0 Å². The molecule has 158 valence electrons. The second-order valence-electron chi connectivity index (χ2n) is 7.41. The number of rotatable bonds is 6. The maximum absolute atomic E-state index is 11.5. The summed E-state index contributed by atoms with van der Waals surface area (Å²) in [4.78, 5) is 34.6. The highest BCUT2D eigenvalue weighted by Crippen LogP contribution is 2.41. The SMILES string of the molecule is CC(=O)O[Si](CCc1ccc2c(c1)COC1(CCCC1)O2)(OC(C)=O)OC(C)=O. The Morgan fingerprint density at radius 1 is 1.00 bits per heavy atom. The van der Waals surface area contributed by atoms with Crippen LogP contribution in [-0.2, 0) is 45.4 Å². The van der Waals surface area contributed by atoms with Crippen molar-refractivity contribution in [3.8, 4) is 5.75 Å². The van der Waals surface area contributed by atoms with Crippen LogP contribution in [-0.4, -0.2) is 32.5 Å². The van der Waals surface area contributed by atoms with Crippen molar-refractivity contribution in [1.82, 2.24) is 0 Å². The molecule has 0 aromatic heterocycles. The second-order valence-corrected chi connectivity index (χ2v) is 9.89. The first-order valence-corrected chi connectivity index (χ1v) is 11.7. The minimum atomic E-state index is -3.84. The molecule has 29 heavy (non-hydrogen) atoms. The molecule has 1 saturated carbocycles. The maximum Gasteiger partial charge on any atom is 0.705 e. The third kappa shape index (κ3) is 5.36. The number of ether oxygens (including phenoxy) is 2. The summed E-state index contributed by atoms with van der Waals surface area (Å²) in [6, 6.07) is 5.85. The molecule has 3 rings (SSSR count). The largest absolute Gasteiger partial charge is 0.705 e. The summed E-state index contributed by atoms with van der Waals surface area (Å²) in [6.07, 6.45) is 4.38. The summed E-state index contributed by atoms with van der Waals surface area (Å²) in [5.41, 5.74) is 1.83. The Hall–Kier alpha value is -2.39. The van der Waals surface area contributed by atoms with E-state index in [1.807, 2.05) is 18.2 Å². The monoisotopic (exact) mass is 422 g/mol. The van der Waals surface area contributed by atoms with E-state index in [2.05, 4.69) is 0 Å². The Kier molecular flexibility index (Phi) is 6.28. The van der Waals surface area contributed by atoms with E-state index in [0.29, 0.717) is 13.0 Å². The number of benzene rings is 1. The van der Waals surface area contributed by atoms with Crippen molar-refractivity contribution in [2.45, 2.75) is 71.3 Å². The predicted octanol–water partition coefficient (Wildman–Crippen LogP) is 3.04. The number of fused-ring (bicyclic) bond motifs is 1. The maximum atomic E-state index is 11.5. The molecule has 0 amide bonds. The fraction of sp³-hybridized carbons (Fsp3) is 0.550. The van der Waals surface area contributed by atoms with Gasteiger partial charge in [-0.15, -0.1) is 0 Å². The first kappa shape index (κ1) is 21.3. The highest BCUT2D eigenvalue weighted by molar-refractivity contribution is 6.65. The molecule has 0 N–H and O–H groups in total.